The topological polar surface area (TPSA) is 55.7 Å². The molecule has 0 bridgehead atoms. The smallest absolute Gasteiger partial charge is 0.262 e. The fraction of sp³-hybridized carbons (Fsp3) is 0.941. The summed E-state index contributed by atoms with van der Waals surface area (Å²) in [5.41, 5.74) is 0. The molecule has 2 aliphatic rings. The summed E-state index contributed by atoms with van der Waals surface area (Å²) < 4.78 is 34.8. The minimum absolute atomic E-state index is 0.162. The lowest BCUT2D eigenvalue weighted by Gasteiger charge is -2.34. The first-order valence-corrected chi connectivity index (χ1v) is 10.3. The Morgan fingerprint density at radius 1 is 1.09 bits per heavy atom. The van der Waals surface area contributed by atoms with Gasteiger partial charge in [-0.2, -0.15) is 0 Å². The highest BCUT2D eigenvalue weighted by Gasteiger charge is 2.41. The third kappa shape index (κ3) is 4.71. The molecule has 0 aromatic rings. The van der Waals surface area contributed by atoms with Gasteiger partial charge in [0.2, 0.25) is 5.90 Å². The third-order valence-electron chi connectivity index (χ3n) is 4.61. The first-order valence-electron chi connectivity index (χ1n) is 8.77. The van der Waals surface area contributed by atoms with Gasteiger partial charge in [-0.05, 0) is 49.9 Å². The normalized spacial score (nSPS) is 27.7. The molecule has 1 aliphatic heterocycles. The molecule has 0 saturated heterocycles. The van der Waals surface area contributed by atoms with Crippen LogP contribution in [0.4, 0.5) is 0 Å². The van der Waals surface area contributed by atoms with Gasteiger partial charge in [0.05, 0.1) is 0 Å². The van der Waals surface area contributed by atoms with Crippen molar-refractivity contribution in [2.24, 2.45) is 22.2 Å². The molecule has 0 aromatic carbocycles. The average Bonchev–Trinajstić information content (AvgIpc) is 2.36. The summed E-state index contributed by atoms with van der Waals surface area (Å²) in [6.45, 7) is 8.85. The van der Waals surface area contributed by atoms with Gasteiger partial charge in [0, 0.05) is 6.42 Å². The number of ether oxygens (including phenoxy) is 1. The van der Waals surface area contributed by atoms with E-state index in [0.717, 1.165) is 32.1 Å². The summed E-state index contributed by atoms with van der Waals surface area (Å²) in [6.07, 6.45) is 6.27. The second-order valence-corrected chi connectivity index (χ2v) is 9.63. The Hall–Kier alpha value is -0.580. The molecule has 1 saturated carbocycles. The first kappa shape index (κ1) is 17.8. The highest BCUT2D eigenvalue weighted by molar-refractivity contribution is 7.91. The van der Waals surface area contributed by atoms with E-state index in [0.29, 0.717) is 36.5 Å². The van der Waals surface area contributed by atoms with Crippen molar-refractivity contribution >= 4 is 15.9 Å². The SMILES string of the molecule is CC(C)CC(CC1=NS(=O)(=O)C2CCCCC2O1)CC(C)C. The standard InChI is InChI=1S/C17H31NO3S/c1-12(2)9-14(10-13(3)4)11-17-18-22(19,20)16-8-6-5-7-15(16)21-17/h12-16H,5-11H2,1-4H3. The van der Waals surface area contributed by atoms with E-state index >= 15 is 0 Å². The largest absolute Gasteiger partial charge is 0.475 e. The lowest BCUT2D eigenvalue weighted by Crippen LogP contribution is -2.43. The zero-order chi connectivity index (χ0) is 16.3. The zero-order valence-corrected chi connectivity index (χ0v) is 15.2. The third-order valence-corrected chi connectivity index (χ3v) is 6.38. The van der Waals surface area contributed by atoms with Gasteiger partial charge in [-0.15, -0.1) is 4.40 Å². The summed E-state index contributed by atoms with van der Waals surface area (Å²) >= 11 is 0. The maximum absolute atomic E-state index is 12.4. The Morgan fingerprint density at radius 2 is 1.68 bits per heavy atom. The predicted molar refractivity (Wildman–Crippen MR) is 90.5 cm³/mol. The fourth-order valence-corrected chi connectivity index (χ4v) is 5.45. The van der Waals surface area contributed by atoms with Crippen LogP contribution in [0, 0.1) is 17.8 Å². The summed E-state index contributed by atoms with van der Waals surface area (Å²) in [5.74, 6) is 2.13. The first-order chi connectivity index (χ1) is 10.3. The van der Waals surface area contributed by atoms with Crippen LogP contribution < -0.4 is 0 Å². The summed E-state index contributed by atoms with van der Waals surface area (Å²) in [4.78, 5) is 0. The van der Waals surface area contributed by atoms with Crippen molar-refractivity contribution in [2.75, 3.05) is 0 Å². The van der Waals surface area contributed by atoms with E-state index in [1.807, 2.05) is 0 Å². The lowest BCUT2D eigenvalue weighted by atomic mass is 9.87. The molecule has 4 nitrogen and oxygen atoms in total. The average molecular weight is 330 g/mol. The Kier molecular flexibility index (Phi) is 5.92. The second-order valence-electron chi connectivity index (χ2n) is 7.81. The molecule has 0 radical (unpaired) electrons. The number of fused-ring (bicyclic) bond motifs is 1. The second kappa shape index (κ2) is 7.33. The van der Waals surface area contributed by atoms with Gasteiger partial charge >= 0.3 is 0 Å². The van der Waals surface area contributed by atoms with Crippen LogP contribution in [0.15, 0.2) is 4.40 Å². The molecule has 0 N–H and O–H groups in total. The van der Waals surface area contributed by atoms with Gasteiger partial charge in [-0.1, -0.05) is 34.1 Å². The van der Waals surface area contributed by atoms with E-state index < -0.39 is 15.3 Å². The van der Waals surface area contributed by atoms with E-state index in [9.17, 15) is 8.42 Å². The molecule has 1 aliphatic carbocycles. The van der Waals surface area contributed by atoms with Crippen molar-refractivity contribution in [1.82, 2.24) is 0 Å². The molecule has 2 unspecified atom stereocenters. The summed E-state index contributed by atoms with van der Waals surface area (Å²) in [5, 5.41) is -0.404. The van der Waals surface area contributed by atoms with E-state index in [1.54, 1.807) is 0 Å². The Balaban J connectivity index is 2.11. The van der Waals surface area contributed by atoms with Gasteiger partial charge < -0.3 is 4.74 Å². The van der Waals surface area contributed by atoms with Crippen LogP contribution in [0.2, 0.25) is 0 Å². The predicted octanol–water partition coefficient (Wildman–Crippen LogP) is 4.15. The zero-order valence-electron chi connectivity index (χ0n) is 14.4. The molecule has 1 heterocycles. The number of rotatable bonds is 6. The van der Waals surface area contributed by atoms with Crippen molar-refractivity contribution in [3.8, 4) is 0 Å². The molecule has 5 heteroatoms. The van der Waals surface area contributed by atoms with Crippen LogP contribution in [0.1, 0.15) is 72.6 Å². The maximum Gasteiger partial charge on any atom is 0.262 e. The lowest BCUT2D eigenvalue weighted by molar-refractivity contribution is 0.132. The Morgan fingerprint density at radius 3 is 2.27 bits per heavy atom. The molecule has 22 heavy (non-hydrogen) atoms. The Labute approximate surface area is 135 Å². The van der Waals surface area contributed by atoms with Crippen LogP contribution in [-0.2, 0) is 14.8 Å². The number of sulfonamides is 1. The molecule has 0 spiro atoms. The quantitative estimate of drug-likeness (QED) is 0.735. The van der Waals surface area contributed by atoms with Crippen LogP contribution in [0.25, 0.3) is 0 Å². The van der Waals surface area contributed by atoms with Gasteiger partial charge in [0.25, 0.3) is 10.0 Å². The highest BCUT2D eigenvalue weighted by atomic mass is 32.2. The molecule has 2 rings (SSSR count). The van der Waals surface area contributed by atoms with Gasteiger partial charge in [0.15, 0.2) is 0 Å². The molecule has 0 amide bonds. The van der Waals surface area contributed by atoms with Gasteiger partial charge in [0.1, 0.15) is 11.4 Å². The minimum Gasteiger partial charge on any atom is -0.475 e. The van der Waals surface area contributed by atoms with Gasteiger partial charge in [-0.25, -0.2) is 8.42 Å². The monoisotopic (exact) mass is 329 g/mol. The molecule has 0 aromatic heterocycles. The highest BCUT2D eigenvalue weighted by Crippen LogP contribution is 2.33. The maximum atomic E-state index is 12.4. The van der Waals surface area contributed by atoms with E-state index in [2.05, 4.69) is 32.1 Å². The Bertz CT molecular complexity index is 486. The van der Waals surface area contributed by atoms with E-state index in [4.69, 9.17) is 4.74 Å². The summed E-state index contributed by atoms with van der Waals surface area (Å²) in [7, 11) is -3.37. The van der Waals surface area contributed by atoms with Crippen LogP contribution in [0.5, 0.6) is 0 Å². The molecule has 2 atom stereocenters. The molecular formula is C17H31NO3S. The number of hydrogen-bond acceptors (Lipinski definition) is 3. The number of hydrogen-bond donors (Lipinski definition) is 0. The molecule has 128 valence electrons. The van der Waals surface area contributed by atoms with Crippen LogP contribution in [-0.4, -0.2) is 25.7 Å². The summed E-state index contributed by atoms with van der Waals surface area (Å²) in [6, 6.07) is 0. The molecular weight excluding hydrogens is 298 g/mol. The van der Waals surface area contributed by atoms with E-state index in [-0.39, 0.29) is 6.10 Å². The van der Waals surface area contributed by atoms with Crippen molar-refractivity contribution < 1.29 is 13.2 Å². The van der Waals surface area contributed by atoms with Crippen molar-refractivity contribution in [3.63, 3.8) is 0 Å². The van der Waals surface area contributed by atoms with Crippen LogP contribution >= 0.6 is 0 Å². The van der Waals surface area contributed by atoms with Gasteiger partial charge in [-0.3, -0.25) is 0 Å². The van der Waals surface area contributed by atoms with E-state index in [1.165, 1.54) is 0 Å². The minimum atomic E-state index is -3.37. The van der Waals surface area contributed by atoms with Crippen LogP contribution in [0.3, 0.4) is 0 Å². The van der Waals surface area contributed by atoms with Crippen molar-refractivity contribution in [2.45, 2.75) is 84.0 Å². The number of nitrogens with zero attached hydrogens (tertiary/aromatic N) is 1. The fourth-order valence-electron chi connectivity index (χ4n) is 3.87. The van der Waals surface area contributed by atoms with Crippen molar-refractivity contribution in [1.29, 1.82) is 0 Å². The molecule has 1 fully saturated rings. The van der Waals surface area contributed by atoms with Crippen molar-refractivity contribution in [3.05, 3.63) is 0 Å².